The summed E-state index contributed by atoms with van der Waals surface area (Å²) >= 11 is 6.48. The number of fused-ring (bicyclic) bond motifs is 1. The van der Waals surface area contributed by atoms with E-state index in [2.05, 4.69) is 26.9 Å². The summed E-state index contributed by atoms with van der Waals surface area (Å²) < 4.78 is 5.56. The van der Waals surface area contributed by atoms with Gasteiger partial charge in [0.15, 0.2) is 5.69 Å². The Kier molecular flexibility index (Phi) is 6.42. The number of H-pyrrole nitrogens is 1. The number of rotatable bonds is 4. The van der Waals surface area contributed by atoms with Crippen molar-refractivity contribution in [1.29, 1.82) is 0 Å². The predicted octanol–water partition coefficient (Wildman–Crippen LogP) is 2.61. The molecule has 0 aliphatic carbocycles. The van der Waals surface area contributed by atoms with Crippen LogP contribution in [0.2, 0.25) is 5.02 Å². The van der Waals surface area contributed by atoms with Gasteiger partial charge >= 0.3 is 0 Å². The van der Waals surface area contributed by atoms with Gasteiger partial charge in [0.1, 0.15) is 0 Å². The van der Waals surface area contributed by atoms with Crippen molar-refractivity contribution in [2.75, 3.05) is 26.3 Å². The number of benzene rings is 1. The molecule has 1 fully saturated rings. The molecule has 0 radical (unpaired) electrons. The van der Waals surface area contributed by atoms with Gasteiger partial charge in [-0.1, -0.05) is 29.8 Å². The molecule has 2 aliphatic heterocycles. The molecule has 3 heterocycles. The minimum absolute atomic E-state index is 0. The van der Waals surface area contributed by atoms with E-state index >= 15 is 0 Å². The largest absolute Gasteiger partial charge is 0.381 e. The van der Waals surface area contributed by atoms with Gasteiger partial charge in [-0.2, -0.15) is 5.10 Å². The van der Waals surface area contributed by atoms with E-state index in [-0.39, 0.29) is 23.7 Å². The van der Waals surface area contributed by atoms with Gasteiger partial charge in [0, 0.05) is 61.0 Å². The highest BCUT2D eigenvalue weighted by Crippen LogP contribution is 2.38. The molecule has 4 rings (SSSR count). The van der Waals surface area contributed by atoms with E-state index in [9.17, 15) is 4.79 Å². The number of nitrogens with one attached hydrogen (secondary N) is 3. The summed E-state index contributed by atoms with van der Waals surface area (Å²) in [6.07, 6.45) is 2.53. The Labute approximate surface area is 169 Å². The average molecular weight is 411 g/mol. The van der Waals surface area contributed by atoms with Crippen molar-refractivity contribution in [2.24, 2.45) is 0 Å². The van der Waals surface area contributed by atoms with E-state index in [1.54, 1.807) is 0 Å². The van der Waals surface area contributed by atoms with Crippen molar-refractivity contribution in [2.45, 2.75) is 31.2 Å². The fourth-order valence-electron chi connectivity index (χ4n) is 3.94. The second-order valence-corrected chi connectivity index (χ2v) is 7.42. The first-order valence-corrected chi connectivity index (χ1v) is 9.45. The fraction of sp³-hybridized carbons (Fsp3) is 0.474. The van der Waals surface area contributed by atoms with Gasteiger partial charge in [-0.25, -0.2) is 0 Å². The van der Waals surface area contributed by atoms with E-state index in [0.717, 1.165) is 47.7 Å². The van der Waals surface area contributed by atoms with Crippen LogP contribution in [0.4, 0.5) is 0 Å². The Balaban J connectivity index is 0.00000210. The van der Waals surface area contributed by atoms with Crippen LogP contribution in [0.15, 0.2) is 24.3 Å². The number of carbonyl (C=O) groups is 1. The van der Waals surface area contributed by atoms with Gasteiger partial charge in [0.05, 0.1) is 0 Å². The number of amides is 1. The summed E-state index contributed by atoms with van der Waals surface area (Å²) in [5.74, 6) is -0.135. The third-order valence-electron chi connectivity index (χ3n) is 5.50. The third-order valence-corrected chi connectivity index (χ3v) is 5.83. The molecule has 1 aromatic carbocycles. The monoisotopic (exact) mass is 410 g/mol. The highest BCUT2D eigenvalue weighted by molar-refractivity contribution is 6.31. The first-order valence-electron chi connectivity index (χ1n) is 9.07. The normalized spacial score (nSPS) is 18.3. The summed E-state index contributed by atoms with van der Waals surface area (Å²) in [5, 5.41) is 14.4. The van der Waals surface area contributed by atoms with Crippen molar-refractivity contribution in [3.63, 3.8) is 0 Å². The van der Waals surface area contributed by atoms with Crippen LogP contribution in [-0.2, 0) is 23.1 Å². The van der Waals surface area contributed by atoms with Crippen LogP contribution in [0.25, 0.3) is 0 Å². The molecule has 1 aromatic heterocycles. The highest BCUT2D eigenvalue weighted by Gasteiger charge is 2.36. The molecule has 1 amide bonds. The molecule has 146 valence electrons. The van der Waals surface area contributed by atoms with Gasteiger partial charge in [0.25, 0.3) is 5.91 Å². The molecule has 0 atom stereocenters. The molecule has 0 spiro atoms. The minimum atomic E-state index is -0.207. The smallest absolute Gasteiger partial charge is 0.272 e. The predicted molar refractivity (Wildman–Crippen MR) is 107 cm³/mol. The van der Waals surface area contributed by atoms with Crippen LogP contribution in [0, 0.1) is 0 Å². The number of hydrogen-bond donors (Lipinski definition) is 3. The Morgan fingerprint density at radius 2 is 2.07 bits per heavy atom. The standard InChI is InChI=1S/C19H23ClN4O2.ClH/c20-15-4-2-1-3-14(15)19(6-9-26-10-7-19)12-22-18(25)17-13-11-21-8-5-16(13)23-24-17;/h1-4,21H,5-12H2,(H,22,25)(H,23,24);1H. The number of hydrogen-bond acceptors (Lipinski definition) is 4. The zero-order chi connectivity index (χ0) is 18.0. The maximum Gasteiger partial charge on any atom is 0.272 e. The minimum Gasteiger partial charge on any atom is -0.381 e. The number of nitrogens with zero attached hydrogens (tertiary/aromatic N) is 1. The SMILES string of the molecule is Cl.O=C(NCC1(c2ccccc2Cl)CCOCC1)c1n[nH]c2c1CNCC2. The average Bonchev–Trinajstić information content (AvgIpc) is 3.11. The lowest BCUT2D eigenvalue weighted by Crippen LogP contribution is -2.45. The quantitative estimate of drug-likeness (QED) is 0.723. The van der Waals surface area contributed by atoms with Crippen LogP contribution in [0.3, 0.4) is 0 Å². The molecule has 27 heavy (non-hydrogen) atoms. The van der Waals surface area contributed by atoms with Crippen LogP contribution in [-0.4, -0.2) is 42.4 Å². The molecular formula is C19H24Cl2N4O2. The summed E-state index contributed by atoms with van der Waals surface area (Å²) in [4.78, 5) is 12.8. The van der Waals surface area contributed by atoms with E-state index in [1.807, 2.05) is 18.2 Å². The number of ether oxygens (including phenoxy) is 1. The first-order chi connectivity index (χ1) is 12.7. The second-order valence-electron chi connectivity index (χ2n) is 7.01. The van der Waals surface area contributed by atoms with Gasteiger partial charge in [-0.15, -0.1) is 12.4 Å². The zero-order valence-corrected chi connectivity index (χ0v) is 16.6. The van der Waals surface area contributed by atoms with Crippen LogP contribution in [0.5, 0.6) is 0 Å². The molecule has 0 unspecified atom stereocenters. The van der Waals surface area contributed by atoms with Crippen molar-refractivity contribution < 1.29 is 9.53 Å². The molecule has 1 saturated heterocycles. The molecule has 0 saturated carbocycles. The van der Waals surface area contributed by atoms with E-state index in [0.29, 0.717) is 32.0 Å². The topological polar surface area (TPSA) is 79.0 Å². The number of aromatic amines is 1. The van der Waals surface area contributed by atoms with E-state index < -0.39 is 0 Å². The summed E-state index contributed by atoms with van der Waals surface area (Å²) in [7, 11) is 0. The van der Waals surface area contributed by atoms with Crippen LogP contribution >= 0.6 is 24.0 Å². The van der Waals surface area contributed by atoms with Crippen LogP contribution < -0.4 is 10.6 Å². The molecule has 0 bridgehead atoms. The molecule has 2 aromatic rings. The van der Waals surface area contributed by atoms with Crippen molar-refractivity contribution in [3.05, 3.63) is 51.8 Å². The van der Waals surface area contributed by atoms with E-state index in [4.69, 9.17) is 16.3 Å². The lowest BCUT2D eigenvalue weighted by atomic mass is 9.74. The Bertz CT molecular complexity index is 803. The Hall–Kier alpha value is -1.60. The van der Waals surface area contributed by atoms with E-state index in [1.165, 1.54) is 0 Å². The summed E-state index contributed by atoms with van der Waals surface area (Å²) in [6.45, 7) is 3.45. The van der Waals surface area contributed by atoms with Gasteiger partial charge in [-0.05, 0) is 24.5 Å². The maximum atomic E-state index is 12.8. The van der Waals surface area contributed by atoms with Crippen molar-refractivity contribution in [1.82, 2.24) is 20.8 Å². The molecule has 6 nitrogen and oxygen atoms in total. The summed E-state index contributed by atoms with van der Waals surface area (Å²) in [6, 6.07) is 7.89. The van der Waals surface area contributed by atoms with Gasteiger partial charge < -0.3 is 15.4 Å². The fourth-order valence-corrected chi connectivity index (χ4v) is 4.28. The second kappa shape index (κ2) is 8.61. The number of aromatic nitrogens is 2. The lowest BCUT2D eigenvalue weighted by molar-refractivity contribution is 0.0487. The van der Waals surface area contributed by atoms with Crippen molar-refractivity contribution >= 4 is 29.9 Å². The highest BCUT2D eigenvalue weighted by atomic mass is 35.5. The Morgan fingerprint density at radius 1 is 1.30 bits per heavy atom. The van der Waals surface area contributed by atoms with Gasteiger partial charge in [0.2, 0.25) is 0 Å². The van der Waals surface area contributed by atoms with Gasteiger partial charge in [-0.3, -0.25) is 9.89 Å². The zero-order valence-electron chi connectivity index (χ0n) is 15.0. The lowest BCUT2D eigenvalue weighted by Gasteiger charge is -2.38. The molecule has 2 aliphatic rings. The maximum absolute atomic E-state index is 12.8. The summed E-state index contributed by atoms with van der Waals surface area (Å²) in [5.41, 5.74) is 3.40. The first kappa shape index (κ1) is 20.1. The van der Waals surface area contributed by atoms with Crippen LogP contribution in [0.1, 0.15) is 40.2 Å². The molecular weight excluding hydrogens is 387 g/mol. The molecule has 8 heteroatoms. The number of halogens is 2. The molecule has 3 N–H and O–H groups in total. The number of carbonyl (C=O) groups excluding carboxylic acids is 1. The Morgan fingerprint density at radius 3 is 2.85 bits per heavy atom. The van der Waals surface area contributed by atoms with Crippen molar-refractivity contribution in [3.8, 4) is 0 Å². The third kappa shape index (κ3) is 3.99.